The summed E-state index contributed by atoms with van der Waals surface area (Å²) >= 11 is 5.86. The molecule has 8 heteroatoms. The molecule has 0 aromatic heterocycles. The molecule has 2 rings (SSSR count). The predicted octanol–water partition coefficient (Wildman–Crippen LogP) is 1.40. The molecule has 2 amide bonds. The standard InChI is InChI=1S/C13H15ClN2O5/c1-21-11-3-2-7(14)4-9(11)15-13(20)16-6-8(17)5-10(16)12(18)19/h2-4,8,10,17H,5-6H2,1H3,(H,15,20)(H,18,19). The summed E-state index contributed by atoms with van der Waals surface area (Å²) in [6.07, 6.45) is -0.840. The SMILES string of the molecule is COc1ccc(Cl)cc1NC(=O)N1CC(O)CC1C(=O)O. The average Bonchev–Trinajstić information content (AvgIpc) is 2.81. The highest BCUT2D eigenvalue weighted by molar-refractivity contribution is 6.31. The van der Waals surface area contributed by atoms with Gasteiger partial charge < -0.3 is 25.2 Å². The van der Waals surface area contributed by atoms with Gasteiger partial charge in [-0.3, -0.25) is 0 Å². The van der Waals surface area contributed by atoms with Crippen LogP contribution in [0.4, 0.5) is 10.5 Å². The van der Waals surface area contributed by atoms with Gasteiger partial charge in [0.15, 0.2) is 0 Å². The summed E-state index contributed by atoms with van der Waals surface area (Å²) in [5.41, 5.74) is 0.334. The van der Waals surface area contributed by atoms with Crippen molar-refractivity contribution in [3.05, 3.63) is 23.2 Å². The summed E-state index contributed by atoms with van der Waals surface area (Å²) in [6.45, 7) is -0.0360. The molecule has 1 aromatic rings. The van der Waals surface area contributed by atoms with Gasteiger partial charge in [0.25, 0.3) is 0 Å². The second-order valence-corrected chi connectivity index (χ2v) is 5.11. The van der Waals surface area contributed by atoms with Crippen LogP contribution in [-0.4, -0.2) is 52.9 Å². The van der Waals surface area contributed by atoms with Crippen molar-refractivity contribution >= 4 is 29.3 Å². The second-order valence-electron chi connectivity index (χ2n) is 4.67. The molecule has 0 saturated carbocycles. The monoisotopic (exact) mass is 314 g/mol. The molecule has 21 heavy (non-hydrogen) atoms. The number of halogens is 1. The third-order valence-corrected chi connectivity index (χ3v) is 3.46. The van der Waals surface area contributed by atoms with E-state index in [0.29, 0.717) is 16.5 Å². The number of amides is 2. The van der Waals surface area contributed by atoms with Crippen LogP contribution in [0.1, 0.15) is 6.42 Å². The number of carboxylic acids is 1. The minimum atomic E-state index is -1.15. The van der Waals surface area contributed by atoms with Gasteiger partial charge in [-0.25, -0.2) is 9.59 Å². The van der Waals surface area contributed by atoms with E-state index < -0.39 is 24.1 Å². The Balaban J connectivity index is 2.18. The molecule has 0 radical (unpaired) electrons. The average molecular weight is 315 g/mol. The van der Waals surface area contributed by atoms with Crippen molar-refractivity contribution in [3.63, 3.8) is 0 Å². The van der Waals surface area contributed by atoms with Crippen LogP contribution in [0.3, 0.4) is 0 Å². The molecular weight excluding hydrogens is 300 g/mol. The Morgan fingerprint density at radius 2 is 2.19 bits per heavy atom. The van der Waals surface area contributed by atoms with Crippen molar-refractivity contribution in [1.29, 1.82) is 0 Å². The number of nitrogens with zero attached hydrogens (tertiary/aromatic N) is 1. The van der Waals surface area contributed by atoms with Crippen LogP contribution in [-0.2, 0) is 4.79 Å². The molecule has 1 aliphatic rings. The first-order valence-corrected chi connectivity index (χ1v) is 6.62. The van der Waals surface area contributed by atoms with E-state index in [1.807, 2.05) is 0 Å². The molecule has 0 bridgehead atoms. The molecule has 1 aromatic carbocycles. The summed E-state index contributed by atoms with van der Waals surface area (Å²) in [6, 6.07) is 3.02. The zero-order valence-electron chi connectivity index (χ0n) is 11.2. The number of aliphatic hydroxyl groups excluding tert-OH is 1. The summed E-state index contributed by atoms with van der Waals surface area (Å²) in [4.78, 5) is 24.4. The maximum absolute atomic E-state index is 12.2. The van der Waals surface area contributed by atoms with E-state index in [9.17, 15) is 14.7 Å². The predicted molar refractivity (Wildman–Crippen MR) is 75.8 cm³/mol. The van der Waals surface area contributed by atoms with Gasteiger partial charge in [0, 0.05) is 18.0 Å². The Morgan fingerprint density at radius 3 is 2.81 bits per heavy atom. The Bertz CT molecular complexity index is 565. The lowest BCUT2D eigenvalue weighted by Crippen LogP contribution is -2.43. The van der Waals surface area contributed by atoms with E-state index in [1.54, 1.807) is 12.1 Å². The number of likely N-dealkylation sites (tertiary alicyclic amines) is 1. The molecule has 3 N–H and O–H groups in total. The first kappa shape index (κ1) is 15.4. The molecule has 2 unspecified atom stereocenters. The Hall–Kier alpha value is -1.99. The molecule has 0 aliphatic carbocycles. The summed E-state index contributed by atoms with van der Waals surface area (Å²) in [7, 11) is 1.44. The lowest BCUT2D eigenvalue weighted by molar-refractivity contribution is -0.141. The van der Waals surface area contributed by atoms with Gasteiger partial charge in [-0.15, -0.1) is 0 Å². The Morgan fingerprint density at radius 1 is 1.48 bits per heavy atom. The number of benzene rings is 1. The number of anilines is 1. The van der Waals surface area contributed by atoms with Crippen molar-refractivity contribution < 1.29 is 24.5 Å². The van der Waals surface area contributed by atoms with Gasteiger partial charge >= 0.3 is 12.0 Å². The summed E-state index contributed by atoms with van der Waals surface area (Å²) < 4.78 is 5.10. The fourth-order valence-electron chi connectivity index (χ4n) is 2.24. The van der Waals surface area contributed by atoms with Crippen molar-refractivity contribution in [1.82, 2.24) is 4.90 Å². The number of aliphatic hydroxyl groups is 1. The van der Waals surface area contributed by atoms with Crippen LogP contribution < -0.4 is 10.1 Å². The van der Waals surface area contributed by atoms with Crippen LogP contribution in [0, 0.1) is 0 Å². The number of ether oxygens (including phenoxy) is 1. The Labute approximate surface area is 126 Å². The Kier molecular flexibility index (Phi) is 4.54. The van der Waals surface area contributed by atoms with E-state index in [4.69, 9.17) is 21.4 Å². The van der Waals surface area contributed by atoms with E-state index >= 15 is 0 Å². The van der Waals surface area contributed by atoms with Crippen molar-refractivity contribution in [2.45, 2.75) is 18.6 Å². The highest BCUT2D eigenvalue weighted by atomic mass is 35.5. The molecule has 1 saturated heterocycles. The molecular formula is C13H15ClN2O5. The topological polar surface area (TPSA) is 99.1 Å². The number of nitrogens with one attached hydrogen (secondary N) is 1. The second kappa shape index (κ2) is 6.19. The molecule has 1 heterocycles. The van der Waals surface area contributed by atoms with Crippen LogP contribution in [0.2, 0.25) is 5.02 Å². The third-order valence-electron chi connectivity index (χ3n) is 3.23. The van der Waals surface area contributed by atoms with Crippen LogP contribution >= 0.6 is 11.6 Å². The van der Waals surface area contributed by atoms with E-state index in [1.165, 1.54) is 13.2 Å². The zero-order chi connectivity index (χ0) is 15.6. The molecule has 0 spiro atoms. The van der Waals surface area contributed by atoms with Crippen LogP contribution in [0.5, 0.6) is 5.75 Å². The lowest BCUT2D eigenvalue weighted by atomic mass is 10.2. The van der Waals surface area contributed by atoms with E-state index in [2.05, 4.69) is 5.32 Å². The quantitative estimate of drug-likeness (QED) is 0.783. The van der Waals surface area contributed by atoms with Crippen molar-refractivity contribution in [2.24, 2.45) is 0 Å². The fraction of sp³-hybridized carbons (Fsp3) is 0.385. The maximum Gasteiger partial charge on any atom is 0.326 e. The minimum Gasteiger partial charge on any atom is -0.495 e. The molecule has 1 aliphatic heterocycles. The number of aliphatic carboxylic acids is 1. The molecule has 1 fully saturated rings. The van der Waals surface area contributed by atoms with E-state index in [-0.39, 0.29) is 13.0 Å². The van der Waals surface area contributed by atoms with Gasteiger partial charge in [-0.2, -0.15) is 0 Å². The normalized spacial score (nSPS) is 21.2. The first-order valence-electron chi connectivity index (χ1n) is 6.24. The fourth-order valence-corrected chi connectivity index (χ4v) is 2.41. The first-order chi connectivity index (χ1) is 9.92. The van der Waals surface area contributed by atoms with Crippen LogP contribution in [0.15, 0.2) is 18.2 Å². The highest BCUT2D eigenvalue weighted by Gasteiger charge is 2.39. The lowest BCUT2D eigenvalue weighted by Gasteiger charge is -2.22. The highest BCUT2D eigenvalue weighted by Crippen LogP contribution is 2.29. The zero-order valence-corrected chi connectivity index (χ0v) is 12.0. The number of β-amino-alcohol motifs (C(OH)–C–C–N with tert-alkyl or cyclic N) is 1. The number of hydrogen-bond acceptors (Lipinski definition) is 4. The number of carbonyl (C=O) groups excluding carboxylic acids is 1. The van der Waals surface area contributed by atoms with Gasteiger partial charge in [0.2, 0.25) is 0 Å². The van der Waals surface area contributed by atoms with Gasteiger partial charge in [0.05, 0.1) is 18.9 Å². The molecule has 2 atom stereocenters. The summed E-state index contributed by atoms with van der Waals surface area (Å²) in [5, 5.41) is 21.6. The van der Waals surface area contributed by atoms with Crippen LogP contribution in [0.25, 0.3) is 0 Å². The number of carbonyl (C=O) groups is 2. The number of methoxy groups -OCH3 is 1. The van der Waals surface area contributed by atoms with Gasteiger partial charge in [-0.05, 0) is 18.2 Å². The van der Waals surface area contributed by atoms with Gasteiger partial charge in [-0.1, -0.05) is 11.6 Å². The number of carboxylic acid groups (broad SMARTS) is 1. The third kappa shape index (κ3) is 3.37. The van der Waals surface area contributed by atoms with Crippen molar-refractivity contribution in [3.8, 4) is 5.75 Å². The largest absolute Gasteiger partial charge is 0.495 e. The number of rotatable bonds is 3. The van der Waals surface area contributed by atoms with Crippen molar-refractivity contribution in [2.75, 3.05) is 19.0 Å². The number of hydrogen-bond donors (Lipinski definition) is 3. The molecule has 114 valence electrons. The smallest absolute Gasteiger partial charge is 0.326 e. The molecule has 7 nitrogen and oxygen atoms in total. The van der Waals surface area contributed by atoms with E-state index in [0.717, 1.165) is 4.90 Å². The number of urea groups is 1. The summed E-state index contributed by atoms with van der Waals surface area (Å²) in [5.74, 6) is -0.751. The van der Waals surface area contributed by atoms with Gasteiger partial charge in [0.1, 0.15) is 11.8 Å². The maximum atomic E-state index is 12.2. The minimum absolute atomic E-state index is 0.00936.